The van der Waals surface area contributed by atoms with Gasteiger partial charge in [0.15, 0.2) is 0 Å². The molecule has 0 radical (unpaired) electrons. The second kappa shape index (κ2) is 6.12. The highest BCUT2D eigenvalue weighted by Crippen LogP contribution is 2.26. The van der Waals surface area contributed by atoms with E-state index in [1.54, 1.807) is 0 Å². The minimum Gasteiger partial charge on any atom is -0.355 e. The van der Waals surface area contributed by atoms with Crippen molar-refractivity contribution in [2.45, 2.75) is 44.6 Å². The van der Waals surface area contributed by atoms with Crippen LogP contribution in [0.5, 0.6) is 0 Å². The fourth-order valence-corrected chi connectivity index (χ4v) is 3.85. The molecule has 3 heterocycles. The maximum atomic E-state index is 12.6. The number of nitrogens with one attached hydrogen (secondary N) is 2. The van der Waals surface area contributed by atoms with Crippen LogP contribution in [-0.4, -0.2) is 48.9 Å². The lowest BCUT2D eigenvalue weighted by atomic mass is 9.88. The Morgan fingerprint density at radius 1 is 1.20 bits per heavy atom. The molecule has 0 bridgehead atoms. The van der Waals surface area contributed by atoms with Gasteiger partial charge in [-0.3, -0.25) is 9.59 Å². The molecule has 2 amide bonds. The maximum absolute atomic E-state index is 12.6. The average molecular weight is 279 g/mol. The van der Waals surface area contributed by atoms with Gasteiger partial charge in [0.1, 0.15) is 0 Å². The Bertz CT molecular complexity index is 369. The molecule has 0 aromatic carbocycles. The standard InChI is InChI=1S/C15H25N3O2/c19-14-6-5-11(9-17-14)15(20)18-8-2-3-12(10-18)13-4-1-7-16-13/h11-13,16H,1-10H2,(H,17,19). The predicted molar refractivity (Wildman–Crippen MR) is 76.1 cm³/mol. The van der Waals surface area contributed by atoms with Crippen molar-refractivity contribution in [2.75, 3.05) is 26.2 Å². The first-order chi connectivity index (χ1) is 9.74. The van der Waals surface area contributed by atoms with Crippen molar-refractivity contribution in [2.24, 2.45) is 11.8 Å². The summed E-state index contributed by atoms with van der Waals surface area (Å²) in [4.78, 5) is 25.8. The SMILES string of the molecule is O=C1CCC(C(=O)N2CCCC(C3CCCN3)C2)CN1. The number of hydrogen-bond donors (Lipinski definition) is 2. The molecule has 3 aliphatic rings. The Hall–Kier alpha value is -1.10. The van der Waals surface area contributed by atoms with Gasteiger partial charge in [0.05, 0.1) is 5.92 Å². The molecule has 3 unspecified atom stereocenters. The summed E-state index contributed by atoms with van der Waals surface area (Å²) in [5.41, 5.74) is 0. The largest absolute Gasteiger partial charge is 0.355 e. The zero-order chi connectivity index (χ0) is 13.9. The summed E-state index contributed by atoms with van der Waals surface area (Å²) in [5.74, 6) is 0.963. The highest BCUT2D eigenvalue weighted by Gasteiger charge is 2.34. The van der Waals surface area contributed by atoms with Crippen LogP contribution in [0.2, 0.25) is 0 Å². The molecule has 0 aromatic heterocycles. The molecule has 0 saturated carbocycles. The van der Waals surface area contributed by atoms with Crippen LogP contribution in [0.4, 0.5) is 0 Å². The fourth-order valence-electron chi connectivity index (χ4n) is 3.85. The third-order valence-corrected chi connectivity index (χ3v) is 5.05. The zero-order valence-electron chi connectivity index (χ0n) is 12.1. The van der Waals surface area contributed by atoms with E-state index in [0.717, 1.165) is 26.1 Å². The van der Waals surface area contributed by atoms with E-state index in [0.29, 0.717) is 31.3 Å². The van der Waals surface area contributed by atoms with Crippen LogP contribution in [-0.2, 0) is 9.59 Å². The van der Waals surface area contributed by atoms with Crippen LogP contribution in [0.1, 0.15) is 38.5 Å². The molecule has 0 aromatic rings. The van der Waals surface area contributed by atoms with E-state index in [4.69, 9.17) is 0 Å². The van der Waals surface area contributed by atoms with Crippen LogP contribution >= 0.6 is 0 Å². The van der Waals surface area contributed by atoms with Crippen molar-refractivity contribution >= 4 is 11.8 Å². The Balaban J connectivity index is 1.55. The van der Waals surface area contributed by atoms with Crippen LogP contribution in [0.15, 0.2) is 0 Å². The molecule has 5 heteroatoms. The molecule has 112 valence electrons. The number of hydrogen-bond acceptors (Lipinski definition) is 3. The van der Waals surface area contributed by atoms with Crippen molar-refractivity contribution in [3.05, 3.63) is 0 Å². The molecule has 3 saturated heterocycles. The number of likely N-dealkylation sites (tertiary alicyclic amines) is 1. The first-order valence-corrected chi connectivity index (χ1v) is 8.03. The quantitative estimate of drug-likeness (QED) is 0.774. The summed E-state index contributed by atoms with van der Waals surface area (Å²) < 4.78 is 0. The first kappa shape index (κ1) is 13.9. The van der Waals surface area contributed by atoms with Gasteiger partial charge in [-0.05, 0) is 44.6 Å². The highest BCUT2D eigenvalue weighted by atomic mass is 16.2. The highest BCUT2D eigenvalue weighted by molar-refractivity contribution is 5.83. The Morgan fingerprint density at radius 2 is 2.10 bits per heavy atom. The molecule has 5 nitrogen and oxygen atoms in total. The molecule has 2 N–H and O–H groups in total. The number of carbonyl (C=O) groups is 2. The van der Waals surface area contributed by atoms with Crippen molar-refractivity contribution in [3.8, 4) is 0 Å². The van der Waals surface area contributed by atoms with Crippen molar-refractivity contribution in [1.82, 2.24) is 15.5 Å². The molecule has 0 aliphatic carbocycles. The molecular formula is C15H25N3O2. The number of rotatable bonds is 2. The van der Waals surface area contributed by atoms with Crippen LogP contribution in [0, 0.1) is 11.8 Å². The van der Waals surface area contributed by atoms with Crippen LogP contribution in [0.25, 0.3) is 0 Å². The smallest absolute Gasteiger partial charge is 0.227 e. The van der Waals surface area contributed by atoms with Gasteiger partial charge in [0.2, 0.25) is 11.8 Å². The Kier molecular flexibility index (Phi) is 4.24. The van der Waals surface area contributed by atoms with Gasteiger partial charge in [-0.2, -0.15) is 0 Å². The predicted octanol–water partition coefficient (Wildman–Crippen LogP) is 0.503. The zero-order valence-corrected chi connectivity index (χ0v) is 12.1. The molecular weight excluding hydrogens is 254 g/mol. The lowest BCUT2D eigenvalue weighted by Crippen LogP contribution is -2.50. The molecule has 3 rings (SSSR count). The van der Waals surface area contributed by atoms with E-state index in [-0.39, 0.29) is 17.7 Å². The summed E-state index contributed by atoms with van der Waals surface area (Å²) in [5, 5.41) is 6.40. The van der Waals surface area contributed by atoms with E-state index in [1.807, 2.05) is 0 Å². The second-order valence-corrected chi connectivity index (χ2v) is 6.43. The Labute approximate surface area is 120 Å². The first-order valence-electron chi connectivity index (χ1n) is 8.03. The van der Waals surface area contributed by atoms with Gasteiger partial charge < -0.3 is 15.5 Å². The van der Waals surface area contributed by atoms with Gasteiger partial charge in [0.25, 0.3) is 0 Å². The van der Waals surface area contributed by atoms with E-state index < -0.39 is 0 Å². The monoisotopic (exact) mass is 279 g/mol. The normalized spacial score (nSPS) is 34.9. The number of carbonyl (C=O) groups excluding carboxylic acids is 2. The minimum absolute atomic E-state index is 0.00277. The van der Waals surface area contributed by atoms with Gasteiger partial charge in [-0.1, -0.05) is 0 Å². The lowest BCUT2D eigenvalue weighted by molar-refractivity contribution is -0.139. The topological polar surface area (TPSA) is 61.4 Å². The fraction of sp³-hybridized carbons (Fsp3) is 0.867. The van der Waals surface area contributed by atoms with Crippen LogP contribution < -0.4 is 10.6 Å². The summed E-state index contributed by atoms with van der Waals surface area (Å²) in [6.07, 6.45) is 6.10. The Morgan fingerprint density at radius 3 is 2.80 bits per heavy atom. The second-order valence-electron chi connectivity index (χ2n) is 6.43. The summed E-state index contributed by atoms with van der Waals surface area (Å²) in [6, 6.07) is 0.608. The molecule has 3 fully saturated rings. The van der Waals surface area contributed by atoms with E-state index in [9.17, 15) is 9.59 Å². The summed E-state index contributed by atoms with van der Waals surface area (Å²) in [6.45, 7) is 3.46. The molecule has 0 spiro atoms. The number of piperidine rings is 2. The van der Waals surface area contributed by atoms with Gasteiger partial charge in [-0.15, -0.1) is 0 Å². The van der Waals surface area contributed by atoms with Crippen molar-refractivity contribution in [1.29, 1.82) is 0 Å². The summed E-state index contributed by atoms with van der Waals surface area (Å²) in [7, 11) is 0. The third kappa shape index (κ3) is 2.97. The number of amides is 2. The van der Waals surface area contributed by atoms with Gasteiger partial charge >= 0.3 is 0 Å². The van der Waals surface area contributed by atoms with Crippen molar-refractivity contribution in [3.63, 3.8) is 0 Å². The van der Waals surface area contributed by atoms with Gasteiger partial charge in [0, 0.05) is 32.1 Å². The lowest BCUT2D eigenvalue weighted by Gasteiger charge is -2.38. The minimum atomic E-state index is 0.00277. The molecule has 3 aliphatic heterocycles. The van der Waals surface area contributed by atoms with Crippen molar-refractivity contribution < 1.29 is 9.59 Å². The van der Waals surface area contributed by atoms with E-state index in [1.165, 1.54) is 19.3 Å². The molecule has 20 heavy (non-hydrogen) atoms. The van der Waals surface area contributed by atoms with E-state index in [2.05, 4.69) is 15.5 Å². The third-order valence-electron chi connectivity index (χ3n) is 5.05. The summed E-state index contributed by atoms with van der Waals surface area (Å²) >= 11 is 0. The van der Waals surface area contributed by atoms with Gasteiger partial charge in [-0.25, -0.2) is 0 Å². The maximum Gasteiger partial charge on any atom is 0.227 e. The molecule has 3 atom stereocenters. The average Bonchev–Trinajstić information content (AvgIpc) is 3.02. The van der Waals surface area contributed by atoms with Crippen LogP contribution in [0.3, 0.4) is 0 Å². The van der Waals surface area contributed by atoms with E-state index >= 15 is 0 Å². The number of nitrogens with zero attached hydrogens (tertiary/aromatic N) is 1.